The number of fused-ring (bicyclic) bond motifs is 1. The van der Waals surface area contributed by atoms with Crippen LogP contribution in [0.1, 0.15) is 34.6 Å². The molecule has 0 radical (unpaired) electrons. The molecule has 0 spiro atoms. The number of carbonyl (C=O) groups excluding carboxylic acids is 2. The molecule has 7 nitrogen and oxygen atoms in total. The van der Waals surface area contributed by atoms with E-state index in [-0.39, 0.29) is 18.4 Å². The summed E-state index contributed by atoms with van der Waals surface area (Å²) >= 11 is 0. The van der Waals surface area contributed by atoms with Crippen molar-refractivity contribution in [2.24, 2.45) is 0 Å². The van der Waals surface area contributed by atoms with Crippen molar-refractivity contribution in [3.8, 4) is 0 Å². The number of aryl methyl sites for hydroxylation is 2. The van der Waals surface area contributed by atoms with Gasteiger partial charge in [0.2, 0.25) is 5.91 Å². The van der Waals surface area contributed by atoms with Gasteiger partial charge in [-0.25, -0.2) is 4.98 Å². The highest BCUT2D eigenvalue weighted by Gasteiger charge is 2.13. The summed E-state index contributed by atoms with van der Waals surface area (Å²) < 4.78 is 6.98. The summed E-state index contributed by atoms with van der Waals surface area (Å²) in [5.41, 5.74) is 3.59. The van der Waals surface area contributed by atoms with E-state index in [1.54, 1.807) is 7.11 Å². The topological polar surface area (TPSA) is 85.2 Å². The van der Waals surface area contributed by atoms with Crippen molar-refractivity contribution >= 4 is 22.8 Å². The molecule has 2 N–H and O–H groups in total. The second-order valence-electron chi connectivity index (χ2n) is 7.52. The number of ether oxygens (including phenoxy) is 1. The third-order valence-electron chi connectivity index (χ3n) is 5.06. The zero-order valence-corrected chi connectivity index (χ0v) is 18.2. The third-order valence-corrected chi connectivity index (χ3v) is 5.06. The smallest absolute Gasteiger partial charge is 0.251 e. The number of amides is 2. The molecule has 31 heavy (non-hydrogen) atoms. The Hall–Kier alpha value is -3.19. The molecule has 0 atom stereocenters. The molecule has 2 amide bonds. The first kappa shape index (κ1) is 22.5. The van der Waals surface area contributed by atoms with Gasteiger partial charge < -0.3 is 19.9 Å². The molecule has 0 fully saturated rings. The van der Waals surface area contributed by atoms with E-state index in [9.17, 15) is 9.59 Å². The highest BCUT2D eigenvalue weighted by Crippen LogP contribution is 2.17. The van der Waals surface area contributed by atoms with E-state index >= 15 is 0 Å². The minimum atomic E-state index is -0.0797. The summed E-state index contributed by atoms with van der Waals surface area (Å²) in [6.45, 7) is 3.96. The Morgan fingerprint density at radius 2 is 1.74 bits per heavy atom. The zero-order valence-electron chi connectivity index (χ0n) is 18.2. The van der Waals surface area contributed by atoms with Crippen LogP contribution < -0.4 is 10.6 Å². The van der Waals surface area contributed by atoms with Gasteiger partial charge in [-0.2, -0.15) is 0 Å². The lowest BCUT2D eigenvalue weighted by Gasteiger charge is -2.10. The molecular formula is C24H30N4O3. The van der Waals surface area contributed by atoms with E-state index in [1.165, 1.54) is 0 Å². The van der Waals surface area contributed by atoms with Crippen molar-refractivity contribution in [1.29, 1.82) is 0 Å². The van der Waals surface area contributed by atoms with Crippen LogP contribution in [0.2, 0.25) is 0 Å². The molecule has 2 aromatic carbocycles. The number of para-hydroxylation sites is 2. The van der Waals surface area contributed by atoms with Crippen molar-refractivity contribution < 1.29 is 14.3 Å². The first-order chi connectivity index (χ1) is 15.1. The average molecular weight is 423 g/mol. The molecule has 3 rings (SSSR count). The highest BCUT2D eigenvalue weighted by atomic mass is 16.5. The van der Waals surface area contributed by atoms with Crippen LogP contribution in [-0.4, -0.2) is 48.2 Å². The van der Waals surface area contributed by atoms with Gasteiger partial charge in [-0.05, 0) is 44.0 Å². The predicted octanol–water partition coefficient (Wildman–Crippen LogP) is 2.86. The normalized spacial score (nSPS) is 10.9. The number of hydrogen-bond acceptors (Lipinski definition) is 4. The Bertz CT molecular complexity index is 1010. The Morgan fingerprint density at radius 1 is 1.00 bits per heavy atom. The van der Waals surface area contributed by atoms with Crippen molar-refractivity contribution in [3.05, 3.63) is 65.5 Å². The van der Waals surface area contributed by atoms with E-state index in [4.69, 9.17) is 9.72 Å². The van der Waals surface area contributed by atoms with E-state index in [2.05, 4.69) is 10.6 Å². The summed E-state index contributed by atoms with van der Waals surface area (Å²) in [7, 11) is 1.65. The maximum absolute atomic E-state index is 12.4. The number of hydrogen-bond donors (Lipinski definition) is 2. The number of benzene rings is 2. The standard InChI is InChI=1S/C24H30N4O3/c1-18-10-12-19(13-11-18)24(30)26-14-5-9-22-27-20-7-3-4-8-21(20)28(22)17-23(29)25-15-6-16-31-2/h3-4,7-8,10-13H,5-6,9,14-17H2,1-2H3,(H,25,29)(H,26,30). The molecule has 0 aliphatic heterocycles. The van der Waals surface area contributed by atoms with E-state index in [0.717, 1.165) is 35.3 Å². The van der Waals surface area contributed by atoms with Gasteiger partial charge in [-0.3, -0.25) is 9.59 Å². The van der Waals surface area contributed by atoms with Crippen LogP contribution in [0.3, 0.4) is 0 Å². The van der Waals surface area contributed by atoms with Crippen LogP contribution in [-0.2, 0) is 22.5 Å². The monoisotopic (exact) mass is 422 g/mol. The minimum absolute atomic E-state index is 0.0480. The second-order valence-corrected chi connectivity index (χ2v) is 7.52. The highest BCUT2D eigenvalue weighted by molar-refractivity contribution is 5.94. The molecule has 0 aliphatic carbocycles. The molecule has 3 aromatic rings. The maximum Gasteiger partial charge on any atom is 0.251 e. The zero-order chi connectivity index (χ0) is 22.1. The number of rotatable bonds is 11. The second kappa shape index (κ2) is 11.3. The molecule has 0 unspecified atom stereocenters. The molecule has 0 saturated heterocycles. The van der Waals surface area contributed by atoms with Gasteiger partial charge in [0.15, 0.2) is 0 Å². The number of methoxy groups -OCH3 is 1. The Labute approximate surface area is 182 Å². The van der Waals surface area contributed by atoms with Crippen molar-refractivity contribution in [1.82, 2.24) is 20.2 Å². The van der Waals surface area contributed by atoms with Gasteiger partial charge in [0.1, 0.15) is 12.4 Å². The lowest BCUT2D eigenvalue weighted by Crippen LogP contribution is -2.29. The lowest BCUT2D eigenvalue weighted by atomic mass is 10.1. The van der Waals surface area contributed by atoms with Crippen LogP contribution >= 0.6 is 0 Å². The number of nitrogens with zero attached hydrogens (tertiary/aromatic N) is 2. The molecule has 0 bridgehead atoms. The predicted molar refractivity (Wildman–Crippen MR) is 121 cm³/mol. The van der Waals surface area contributed by atoms with Crippen LogP contribution in [0, 0.1) is 6.92 Å². The van der Waals surface area contributed by atoms with Gasteiger partial charge in [0.25, 0.3) is 5.91 Å². The van der Waals surface area contributed by atoms with Crippen molar-refractivity contribution in [3.63, 3.8) is 0 Å². The summed E-state index contributed by atoms with van der Waals surface area (Å²) in [4.78, 5) is 29.4. The molecule has 164 valence electrons. The van der Waals surface area contributed by atoms with E-state index in [0.29, 0.717) is 31.7 Å². The average Bonchev–Trinajstić information content (AvgIpc) is 3.12. The SMILES string of the molecule is COCCCNC(=O)Cn1c(CCCNC(=O)c2ccc(C)cc2)nc2ccccc21. The van der Waals surface area contributed by atoms with Gasteiger partial charge in [0, 0.05) is 38.8 Å². The molecule has 1 aromatic heterocycles. The van der Waals surface area contributed by atoms with Crippen LogP contribution in [0.15, 0.2) is 48.5 Å². The number of carbonyl (C=O) groups is 2. The Balaban J connectivity index is 1.58. The van der Waals surface area contributed by atoms with Crippen LogP contribution in [0.5, 0.6) is 0 Å². The Morgan fingerprint density at radius 3 is 2.52 bits per heavy atom. The summed E-state index contributed by atoms with van der Waals surface area (Å²) in [6.07, 6.45) is 2.18. The summed E-state index contributed by atoms with van der Waals surface area (Å²) in [5, 5.41) is 5.88. The fourth-order valence-electron chi connectivity index (χ4n) is 3.39. The Kier molecular flexibility index (Phi) is 8.18. The van der Waals surface area contributed by atoms with Crippen LogP contribution in [0.4, 0.5) is 0 Å². The first-order valence-electron chi connectivity index (χ1n) is 10.6. The fourth-order valence-corrected chi connectivity index (χ4v) is 3.39. The van der Waals surface area contributed by atoms with Gasteiger partial charge in [0.05, 0.1) is 11.0 Å². The van der Waals surface area contributed by atoms with Crippen molar-refractivity contribution in [2.45, 2.75) is 32.7 Å². The lowest BCUT2D eigenvalue weighted by molar-refractivity contribution is -0.121. The third kappa shape index (κ3) is 6.39. The molecule has 1 heterocycles. The van der Waals surface area contributed by atoms with Crippen molar-refractivity contribution in [2.75, 3.05) is 26.8 Å². The van der Waals surface area contributed by atoms with Gasteiger partial charge >= 0.3 is 0 Å². The summed E-state index contributed by atoms with van der Waals surface area (Å²) in [6, 6.07) is 15.3. The molecule has 0 aliphatic rings. The summed E-state index contributed by atoms with van der Waals surface area (Å²) in [5.74, 6) is 0.718. The van der Waals surface area contributed by atoms with E-state index in [1.807, 2.05) is 60.0 Å². The quantitative estimate of drug-likeness (QED) is 0.466. The fraction of sp³-hybridized carbons (Fsp3) is 0.375. The van der Waals surface area contributed by atoms with Gasteiger partial charge in [-0.1, -0.05) is 29.8 Å². The number of aromatic nitrogens is 2. The number of imidazole rings is 1. The minimum Gasteiger partial charge on any atom is -0.385 e. The maximum atomic E-state index is 12.4. The molecule has 0 saturated carbocycles. The molecule has 7 heteroatoms. The molecular weight excluding hydrogens is 392 g/mol. The number of nitrogens with one attached hydrogen (secondary N) is 2. The van der Waals surface area contributed by atoms with Crippen LogP contribution in [0.25, 0.3) is 11.0 Å². The largest absolute Gasteiger partial charge is 0.385 e. The van der Waals surface area contributed by atoms with Gasteiger partial charge in [-0.15, -0.1) is 0 Å². The first-order valence-corrected chi connectivity index (χ1v) is 10.6. The van der Waals surface area contributed by atoms with E-state index < -0.39 is 0 Å².